The zero-order valence-electron chi connectivity index (χ0n) is 13.5. The molecule has 0 spiro atoms. The number of amides is 2. The fraction of sp³-hybridized carbons (Fsp3) is 0.529. The molecule has 0 aromatic carbocycles. The van der Waals surface area contributed by atoms with Crippen LogP contribution in [-0.4, -0.2) is 45.1 Å². The number of nitrogens with zero attached hydrogens (tertiary/aromatic N) is 3. The molecule has 0 saturated heterocycles. The minimum Gasteiger partial charge on any atom is -0.393 e. The van der Waals surface area contributed by atoms with Gasteiger partial charge >= 0.3 is 6.03 Å². The summed E-state index contributed by atoms with van der Waals surface area (Å²) in [6.07, 6.45) is 7.63. The van der Waals surface area contributed by atoms with Crippen LogP contribution in [0.1, 0.15) is 31.4 Å². The molecule has 2 N–H and O–H groups in total. The summed E-state index contributed by atoms with van der Waals surface area (Å²) in [6, 6.07) is 5.69. The molecule has 3 rings (SSSR count). The molecule has 0 unspecified atom stereocenters. The smallest absolute Gasteiger partial charge is 0.317 e. The van der Waals surface area contributed by atoms with Crippen LogP contribution in [0.2, 0.25) is 0 Å². The minimum atomic E-state index is -0.280. The van der Waals surface area contributed by atoms with Crippen LogP contribution in [0, 0.1) is 5.92 Å². The lowest BCUT2D eigenvalue weighted by Crippen LogP contribution is -2.42. The second-order valence-electron chi connectivity index (χ2n) is 6.35. The van der Waals surface area contributed by atoms with Crippen molar-refractivity contribution in [2.75, 3.05) is 13.6 Å². The maximum absolute atomic E-state index is 12.2. The van der Waals surface area contributed by atoms with Gasteiger partial charge in [0.25, 0.3) is 0 Å². The molecule has 2 amide bonds. The molecular weight excluding hydrogens is 292 g/mol. The molecule has 1 fully saturated rings. The second kappa shape index (κ2) is 7.00. The Morgan fingerprint density at radius 1 is 1.43 bits per heavy atom. The maximum Gasteiger partial charge on any atom is 0.317 e. The third-order valence-electron chi connectivity index (χ3n) is 4.56. The van der Waals surface area contributed by atoms with Gasteiger partial charge in [0.2, 0.25) is 0 Å². The summed E-state index contributed by atoms with van der Waals surface area (Å²) in [6.45, 7) is 0.996. The molecule has 6 heteroatoms. The first kappa shape index (κ1) is 15.8. The Morgan fingerprint density at radius 3 is 3.04 bits per heavy atom. The van der Waals surface area contributed by atoms with Gasteiger partial charge in [-0.3, -0.25) is 0 Å². The van der Waals surface area contributed by atoms with E-state index in [1.54, 1.807) is 11.9 Å². The van der Waals surface area contributed by atoms with Gasteiger partial charge in [0, 0.05) is 31.9 Å². The molecule has 1 aliphatic rings. The molecule has 0 bridgehead atoms. The number of urea groups is 1. The Morgan fingerprint density at radius 2 is 2.26 bits per heavy atom. The molecule has 2 aromatic rings. The molecule has 124 valence electrons. The lowest BCUT2D eigenvalue weighted by molar-refractivity contribution is 0.0565. The van der Waals surface area contributed by atoms with Gasteiger partial charge in [0.05, 0.1) is 18.3 Å². The summed E-state index contributed by atoms with van der Waals surface area (Å²) in [5.41, 5.74) is 1.70. The van der Waals surface area contributed by atoms with Crippen molar-refractivity contribution in [2.24, 2.45) is 5.92 Å². The third-order valence-corrected chi connectivity index (χ3v) is 4.56. The molecule has 0 aliphatic heterocycles. The van der Waals surface area contributed by atoms with Gasteiger partial charge in [-0.2, -0.15) is 0 Å². The standard InChI is InChI=1S/C17H24N4O2/c1-20(11-13-6-2-3-7-15(13)22)17(23)18-10-14-12-21-9-5-4-8-16(21)19-14/h4-5,8-9,12-13,15,22H,2-3,6-7,10-11H2,1H3,(H,18,23)/t13-,15+/m1/s1. The Labute approximate surface area is 136 Å². The van der Waals surface area contributed by atoms with Crippen molar-refractivity contribution < 1.29 is 9.90 Å². The summed E-state index contributed by atoms with van der Waals surface area (Å²) in [7, 11) is 1.78. The van der Waals surface area contributed by atoms with Crippen LogP contribution in [0.3, 0.4) is 0 Å². The number of hydrogen-bond donors (Lipinski definition) is 2. The first-order valence-electron chi connectivity index (χ1n) is 8.23. The van der Waals surface area contributed by atoms with E-state index in [-0.39, 0.29) is 18.1 Å². The number of imidazole rings is 1. The van der Waals surface area contributed by atoms with Gasteiger partial charge in [0.1, 0.15) is 5.65 Å². The SMILES string of the molecule is CN(C[C@H]1CCCC[C@@H]1O)C(=O)NCc1cn2ccccc2n1. The van der Waals surface area contributed by atoms with Crippen LogP contribution in [0.15, 0.2) is 30.6 Å². The van der Waals surface area contributed by atoms with Gasteiger partial charge in [-0.15, -0.1) is 0 Å². The largest absolute Gasteiger partial charge is 0.393 e. The summed E-state index contributed by atoms with van der Waals surface area (Å²) in [5, 5.41) is 12.9. The van der Waals surface area contributed by atoms with E-state index in [2.05, 4.69) is 10.3 Å². The molecule has 1 saturated carbocycles. The van der Waals surface area contributed by atoms with Gasteiger partial charge < -0.3 is 19.7 Å². The number of aromatic nitrogens is 2. The first-order chi connectivity index (χ1) is 11.1. The number of aliphatic hydroxyl groups is 1. The Hall–Kier alpha value is -2.08. The van der Waals surface area contributed by atoms with Crippen molar-refractivity contribution in [3.63, 3.8) is 0 Å². The van der Waals surface area contributed by atoms with Crippen LogP contribution in [0.4, 0.5) is 4.79 Å². The van der Waals surface area contributed by atoms with Crippen molar-refractivity contribution in [3.8, 4) is 0 Å². The normalized spacial score (nSPS) is 21.3. The molecule has 2 atom stereocenters. The van der Waals surface area contributed by atoms with Crippen molar-refractivity contribution in [1.82, 2.24) is 19.6 Å². The highest BCUT2D eigenvalue weighted by atomic mass is 16.3. The number of pyridine rings is 1. The highest BCUT2D eigenvalue weighted by Crippen LogP contribution is 2.24. The third kappa shape index (κ3) is 3.82. The molecule has 23 heavy (non-hydrogen) atoms. The van der Waals surface area contributed by atoms with E-state index in [0.29, 0.717) is 13.1 Å². The number of fused-ring (bicyclic) bond motifs is 1. The van der Waals surface area contributed by atoms with Crippen LogP contribution >= 0.6 is 0 Å². The Bertz CT molecular complexity index is 636. The highest BCUT2D eigenvalue weighted by molar-refractivity contribution is 5.73. The van der Waals surface area contributed by atoms with E-state index in [9.17, 15) is 9.90 Å². The second-order valence-corrected chi connectivity index (χ2v) is 6.35. The van der Waals surface area contributed by atoms with Gasteiger partial charge in [-0.25, -0.2) is 9.78 Å². The van der Waals surface area contributed by atoms with Crippen LogP contribution in [-0.2, 0) is 6.54 Å². The predicted octanol–water partition coefficient (Wildman–Crippen LogP) is 2.03. The molecule has 0 radical (unpaired) electrons. The summed E-state index contributed by atoms with van der Waals surface area (Å²) in [5.74, 6) is 0.190. The first-order valence-corrected chi connectivity index (χ1v) is 8.23. The van der Waals surface area contributed by atoms with Crippen molar-refractivity contribution >= 4 is 11.7 Å². The van der Waals surface area contributed by atoms with E-state index < -0.39 is 0 Å². The van der Waals surface area contributed by atoms with E-state index in [1.807, 2.05) is 35.0 Å². The quantitative estimate of drug-likeness (QED) is 0.907. The molecular formula is C17H24N4O2. The number of rotatable bonds is 4. The average Bonchev–Trinajstić information content (AvgIpc) is 2.97. The van der Waals surface area contributed by atoms with Crippen LogP contribution < -0.4 is 5.32 Å². The maximum atomic E-state index is 12.2. The molecule has 1 aliphatic carbocycles. The van der Waals surface area contributed by atoms with Crippen molar-refractivity contribution in [1.29, 1.82) is 0 Å². The lowest BCUT2D eigenvalue weighted by atomic mass is 9.86. The number of aliphatic hydroxyl groups excluding tert-OH is 1. The zero-order valence-corrected chi connectivity index (χ0v) is 13.5. The average molecular weight is 316 g/mol. The summed E-state index contributed by atoms with van der Waals surface area (Å²) < 4.78 is 1.93. The summed E-state index contributed by atoms with van der Waals surface area (Å²) in [4.78, 5) is 18.3. The molecule has 2 aromatic heterocycles. The zero-order chi connectivity index (χ0) is 16.2. The predicted molar refractivity (Wildman–Crippen MR) is 88.0 cm³/mol. The van der Waals surface area contributed by atoms with Crippen molar-refractivity contribution in [3.05, 3.63) is 36.3 Å². The van der Waals surface area contributed by atoms with E-state index in [1.165, 1.54) is 0 Å². The number of hydrogen-bond acceptors (Lipinski definition) is 3. The summed E-state index contributed by atoms with van der Waals surface area (Å²) >= 11 is 0. The van der Waals surface area contributed by atoms with Gasteiger partial charge in [-0.05, 0) is 25.0 Å². The lowest BCUT2D eigenvalue weighted by Gasteiger charge is -2.31. The Kier molecular flexibility index (Phi) is 4.81. The Balaban J connectivity index is 1.51. The fourth-order valence-electron chi connectivity index (χ4n) is 3.21. The van der Waals surface area contributed by atoms with Crippen LogP contribution in [0.25, 0.3) is 5.65 Å². The number of carbonyl (C=O) groups is 1. The van der Waals surface area contributed by atoms with Gasteiger partial charge in [-0.1, -0.05) is 18.9 Å². The van der Waals surface area contributed by atoms with E-state index >= 15 is 0 Å². The fourth-order valence-corrected chi connectivity index (χ4v) is 3.21. The number of nitrogens with one attached hydrogen (secondary N) is 1. The molecule has 2 heterocycles. The monoisotopic (exact) mass is 316 g/mol. The van der Waals surface area contributed by atoms with E-state index in [4.69, 9.17) is 0 Å². The van der Waals surface area contributed by atoms with Crippen molar-refractivity contribution in [2.45, 2.75) is 38.3 Å². The highest BCUT2D eigenvalue weighted by Gasteiger charge is 2.25. The van der Waals surface area contributed by atoms with Crippen LogP contribution in [0.5, 0.6) is 0 Å². The van der Waals surface area contributed by atoms with Gasteiger partial charge in [0.15, 0.2) is 0 Å². The van der Waals surface area contributed by atoms with E-state index in [0.717, 1.165) is 37.0 Å². The topological polar surface area (TPSA) is 69.9 Å². The minimum absolute atomic E-state index is 0.125. The molecule has 6 nitrogen and oxygen atoms in total. The number of carbonyl (C=O) groups excluding carboxylic acids is 1.